The molecule has 0 aliphatic rings. The van der Waals surface area contributed by atoms with Gasteiger partial charge in [-0.2, -0.15) is 0 Å². The molecule has 1 N–H and O–H groups in total. The summed E-state index contributed by atoms with van der Waals surface area (Å²) in [5, 5.41) is 10.1. The maximum absolute atomic E-state index is 11.5. The quantitative estimate of drug-likeness (QED) is 0.583. The van der Waals surface area contributed by atoms with Crippen LogP contribution in [-0.4, -0.2) is 16.1 Å². The summed E-state index contributed by atoms with van der Waals surface area (Å²) in [6.45, 7) is 0. The Morgan fingerprint density at radius 3 is 2.52 bits per heavy atom. The third-order valence-corrected chi connectivity index (χ3v) is 4.30. The smallest absolute Gasteiger partial charge is 0.336 e. The largest absolute Gasteiger partial charge is 0.478 e. The van der Waals surface area contributed by atoms with E-state index in [1.54, 1.807) is 12.1 Å². The maximum Gasteiger partial charge on any atom is 0.336 e. The highest BCUT2D eigenvalue weighted by Crippen LogP contribution is 2.24. The number of fused-ring (bicyclic) bond motifs is 1. The van der Waals surface area contributed by atoms with E-state index in [4.69, 9.17) is 0 Å². The summed E-state index contributed by atoms with van der Waals surface area (Å²) in [5.74, 6) is -0.965. The summed E-state index contributed by atoms with van der Waals surface area (Å²) in [5.41, 5.74) is 2.51. The van der Waals surface area contributed by atoms with E-state index in [1.807, 2.05) is 48.6 Å². The minimum atomic E-state index is -0.965. The van der Waals surface area contributed by atoms with Gasteiger partial charge < -0.3 is 5.11 Å². The zero-order valence-corrected chi connectivity index (χ0v) is 15.0. The highest BCUT2D eigenvalue weighted by atomic mass is 79.9. The molecule has 2 aromatic carbocycles. The van der Waals surface area contributed by atoms with E-state index < -0.39 is 5.97 Å². The third kappa shape index (κ3) is 3.68. The summed E-state index contributed by atoms with van der Waals surface area (Å²) in [6.07, 6.45) is 3.72. The van der Waals surface area contributed by atoms with Crippen molar-refractivity contribution in [2.75, 3.05) is 0 Å². The van der Waals surface area contributed by atoms with Crippen molar-refractivity contribution < 1.29 is 9.90 Å². The average Bonchev–Trinajstić information content (AvgIpc) is 2.52. The molecule has 0 saturated heterocycles. The van der Waals surface area contributed by atoms with Crippen LogP contribution in [0.25, 0.3) is 23.1 Å². The Morgan fingerprint density at radius 2 is 1.78 bits per heavy atom. The van der Waals surface area contributed by atoms with E-state index in [1.165, 1.54) is 0 Å². The Labute approximate surface area is 149 Å². The van der Waals surface area contributed by atoms with Crippen LogP contribution in [0.5, 0.6) is 0 Å². The van der Waals surface area contributed by atoms with Crippen molar-refractivity contribution in [3.05, 3.63) is 74.3 Å². The predicted octanol–water partition coefficient (Wildman–Crippen LogP) is 5.63. The lowest BCUT2D eigenvalue weighted by Gasteiger charge is -2.05. The topological polar surface area (TPSA) is 50.2 Å². The second-order valence-electron chi connectivity index (χ2n) is 4.95. The zero-order chi connectivity index (χ0) is 16.4. The van der Waals surface area contributed by atoms with Gasteiger partial charge in [-0.1, -0.05) is 50.1 Å². The molecule has 3 rings (SSSR count). The van der Waals surface area contributed by atoms with Crippen LogP contribution in [0.2, 0.25) is 0 Å². The van der Waals surface area contributed by atoms with Crippen molar-refractivity contribution in [1.82, 2.24) is 4.98 Å². The van der Waals surface area contributed by atoms with Crippen LogP contribution in [0.4, 0.5) is 0 Å². The number of carbonyl (C=O) groups is 1. The Kier molecular flexibility index (Phi) is 4.59. The van der Waals surface area contributed by atoms with Gasteiger partial charge in [0.15, 0.2) is 0 Å². The average molecular weight is 433 g/mol. The fourth-order valence-electron chi connectivity index (χ4n) is 2.27. The van der Waals surface area contributed by atoms with Gasteiger partial charge in [-0.15, -0.1) is 0 Å². The molecule has 0 fully saturated rings. The van der Waals surface area contributed by atoms with Crippen LogP contribution >= 0.6 is 31.9 Å². The number of hydrogen-bond acceptors (Lipinski definition) is 2. The van der Waals surface area contributed by atoms with Crippen LogP contribution < -0.4 is 0 Å². The monoisotopic (exact) mass is 431 g/mol. The summed E-state index contributed by atoms with van der Waals surface area (Å²) in [4.78, 5) is 16.0. The van der Waals surface area contributed by atoms with Crippen LogP contribution in [-0.2, 0) is 0 Å². The number of hydrogen-bond donors (Lipinski definition) is 1. The first-order valence-electron chi connectivity index (χ1n) is 6.80. The van der Waals surface area contributed by atoms with Gasteiger partial charge in [0.1, 0.15) is 0 Å². The van der Waals surface area contributed by atoms with Gasteiger partial charge in [-0.3, -0.25) is 0 Å². The Bertz CT molecular complexity index is 935. The lowest BCUT2D eigenvalue weighted by Crippen LogP contribution is -2.00. The SMILES string of the molecule is O=C(O)c1cc(C=Cc2cccc(Br)c2)nc2ccc(Br)cc12. The molecule has 0 amide bonds. The molecular weight excluding hydrogens is 422 g/mol. The molecule has 3 nitrogen and oxygen atoms in total. The molecule has 23 heavy (non-hydrogen) atoms. The Hall–Kier alpha value is -1.98. The lowest BCUT2D eigenvalue weighted by atomic mass is 10.1. The molecule has 0 saturated carbocycles. The minimum absolute atomic E-state index is 0.241. The van der Waals surface area contributed by atoms with Crippen molar-refractivity contribution in [2.45, 2.75) is 0 Å². The summed E-state index contributed by atoms with van der Waals surface area (Å²) in [7, 11) is 0. The molecule has 1 heterocycles. The molecule has 0 bridgehead atoms. The van der Waals surface area contributed by atoms with Crippen LogP contribution in [0.15, 0.2) is 57.5 Å². The highest BCUT2D eigenvalue weighted by Gasteiger charge is 2.11. The van der Waals surface area contributed by atoms with Gasteiger partial charge in [-0.05, 0) is 48.0 Å². The van der Waals surface area contributed by atoms with Gasteiger partial charge in [0.05, 0.1) is 16.8 Å². The maximum atomic E-state index is 11.5. The number of carboxylic acids is 1. The molecule has 0 aliphatic heterocycles. The van der Waals surface area contributed by atoms with E-state index in [0.717, 1.165) is 14.5 Å². The molecular formula is C18H11Br2NO2. The molecule has 0 spiro atoms. The van der Waals surface area contributed by atoms with Crippen molar-refractivity contribution >= 4 is 60.9 Å². The fourth-order valence-corrected chi connectivity index (χ4v) is 3.05. The fraction of sp³-hybridized carbons (Fsp3) is 0. The number of pyridine rings is 1. The van der Waals surface area contributed by atoms with E-state index in [2.05, 4.69) is 36.8 Å². The predicted molar refractivity (Wildman–Crippen MR) is 99.5 cm³/mol. The van der Waals surface area contributed by atoms with Gasteiger partial charge in [0, 0.05) is 14.3 Å². The third-order valence-electron chi connectivity index (χ3n) is 3.32. The van der Waals surface area contributed by atoms with E-state index in [9.17, 15) is 9.90 Å². The number of rotatable bonds is 3. The summed E-state index contributed by atoms with van der Waals surface area (Å²) >= 11 is 6.79. The first-order chi connectivity index (χ1) is 11.0. The van der Waals surface area contributed by atoms with Gasteiger partial charge in [0.25, 0.3) is 0 Å². The first-order valence-corrected chi connectivity index (χ1v) is 8.39. The number of carboxylic acid groups (broad SMARTS) is 1. The molecule has 0 unspecified atom stereocenters. The number of halogens is 2. The highest BCUT2D eigenvalue weighted by molar-refractivity contribution is 9.10. The van der Waals surface area contributed by atoms with Crippen molar-refractivity contribution in [1.29, 1.82) is 0 Å². The molecule has 3 aromatic rings. The Morgan fingerprint density at radius 1 is 1.00 bits per heavy atom. The molecule has 0 aliphatic carbocycles. The molecule has 5 heteroatoms. The van der Waals surface area contributed by atoms with E-state index >= 15 is 0 Å². The van der Waals surface area contributed by atoms with Gasteiger partial charge in [-0.25, -0.2) is 9.78 Å². The van der Waals surface area contributed by atoms with Crippen molar-refractivity contribution in [3.8, 4) is 0 Å². The van der Waals surface area contributed by atoms with E-state index in [-0.39, 0.29) is 5.56 Å². The second kappa shape index (κ2) is 6.64. The van der Waals surface area contributed by atoms with Crippen molar-refractivity contribution in [2.24, 2.45) is 0 Å². The minimum Gasteiger partial charge on any atom is -0.478 e. The van der Waals surface area contributed by atoms with Crippen LogP contribution in [0, 0.1) is 0 Å². The Balaban J connectivity index is 2.08. The molecule has 114 valence electrons. The van der Waals surface area contributed by atoms with Crippen LogP contribution in [0.3, 0.4) is 0 Å². The van der Waals surface area contributed by atoms with E-state index in [0.29, 0.717) is 16.6 Å². The van der Waals surface area contributed by atoms with Crippen molar-refractivity contribution in [3.63, 3.8) is 0 Å². The normalized spacial score (nSPS) is 11.2. The number of nitrogens with zero attached hydrogens (tertiary/aromatic N) is 1. The zero-order valence-electron chi connectivity index (χ0n) is 11.8. The summed E-state index contributed by atoms with van der Waals surface area (Å²) < 4.78 is 1.81. The molecule has 0 atom stereocenters. The molecule has 0 radical (unpaired) electrons. The first kappa shape index (κ1) is 15.9. The standard InChI is InChI=1S/C18H11Br2NO2/c19-12-3-1-2-11(8-12)4-6-14-10-16(18(22)23)15-9-13(20)5-7-17(15)21-14/h1-10H,(H,22,23). The lowest BCUT2D eigenvalue weighted by molar-refractivity contribution is 0.0699. The van der Waals surface area contributed by atoms with Crippen LogP contribution in [0.1, 0.15) is 21.6 Å². The molecule has 1 aromatic heterocycles. The van der Waals surface area contributed by atoms with Gasteiger partial charge in [0.2, 0.25) is 0 Å². The second-order valence-corrected chi connectivity index (χ2v) is 6.78. The summed E-state index contributed by atoms with van der Waals surface area (Å²) in [6, 6.07) is 14.9. The number of benzene rings is 2. The number of aromatic nitrogens is 1. The number of aromatic carboxylic acids is 1. The van der Waals surface area contributed by atoms with Gasteiger partial charge >= 0.3 is 5.97 Å².